The van der Waals surface area contributed by atoms with E-state index < -0.39 is 10.0 Å². The molecule has 1 N–H and O–H groups in total. The fourth-order valence-electron chi connectivity index (χ4n) is 4.04. The van der Waals surface area contributed by atoms with Crippen LogP contribution in [0.4, 0.5) is 0 Å². The van der Waals surface area contributed by atoms with Crippen molar-refractivity contribution in [2.45, 2.75) is 32.1 Å². The van der Waals surface area contributed by atoms with Crippen molar-refractivity contribution < 1.29 is 13.2 Å². The van der Waals surface area contributed by atoms with Gasteiger partial charge in [-0.1, -0.05) is 40.2 Å². The van der Waals surface area contributed by atoms with Gasteiger partial charge in [0.05, 0.1) is 5.75 Å². The van der Waals surface area contributed by atoms with Crippen LogP contribution in [0.5, 0.6) is 0 Å². The molecule has 1 fully saturated rings. The van der Waals surface area contributed by atoms with Crippen LogP contribution in [-0.4, -0.2) is 41.3 Å². The number of benzene rings is 2. The van der Waals surface area contributed by atoms with E-state index in [9.17, 15) is 13.2 Å². The van der Waals surface area contributed by atoms with Crippen molar-refractivity contribution >= 4 is 31.9 Å². The molecule has 0 unspecified atom stereocenters. The molecular weight excluding hydrogens is 504 g/mol. The predicted molar refractivity (Wildman–Crippen MR) is 131 cm³/mol. The second kappa shape index (κ2) is 10.2. The summed E-state index contributed by atoms with van der Waals surface area (Å²) in [6.07, 6.45) is 4.74. The summed E-state index contributed by atoms with van der Waals surface area (Å²) in [7, 11) is -3.40. The normalized spacial score (nSPS) is 15.5. The number of halogens is 1. The minimum absolute atomic E-state index is 0.0190. The Balaban J connectivity index is 1.26. The third kappa shape index (κ3) is 5.90. The summed E-state index contributed by atoms with van der Waals surface area (Å²) in [4.78, 5) is 16.9. The van der Waals surface area contributed by atoms with E-state index in [0.717, 1.165) is 27.1 Å². The summed E-state index contributed by atoms with van der Waals surface area (Å²) < 4.78 is 30.0. The smallest absolute Gasteiger partial charge is 0.223 e. The Kier molecular flexibility index (Phi) is 7.31. The van der Waals surface area contributed by atoms with Crippen molar-refractivity contribution in [3.8, 4) is 5.69 Å². The number of aromatic nitrogens is 2. The van der Waals surface area contributed by atoms with Gasteiger partial charge < -0.3 is 9.88 Å². The number of piperidine rings is 1. The van der Waals surface area contributed by atoms with Gasteiger partial charge in [0.25, 0.3) is 0 Å². The van der Waals surface area contributed by atoms with Crippen molar-refractivity contribution in [1.29, 1.82) is 0 Å². The summed E-state index contributed by atoms with van der Waals surface area (Å²) in [6.45, 7) is 3.14. The molecule has 1 aromatic heterocycles. The average Bonchev–Trinajstić information content (AvgIpc) is 3.25. The third-order valence-electron chi connectivity index (χ3n) is 5.99. The number of nitrogens with one attached hydrogen (secondary N) is 1. The second-order valence-corrected chi connectivity index (χ2v) is 11.2. The molecule has 0 aliphatic carbocycles. The maximum atomic E-state index is 12.8. The molecule has 1 amide bonds. The highest BCUT2D eigenvalue weighted by atomic mass is 79.9. The molecule has 7 nitrogen and oxygen atoms in total. The molecule has 0 spiro atoms. The quantitative estimate of drug-likeness (QED) is 0.503. The Hall–Kier alpha value is -2.49. The van der Waals surface area contributed by atoms with Crippen LogP contribution in [-0.2, 0) is 27.1 Å². The Morgan fingerprint density at radius 3 is 2.30 bits per heavy atom. The predicted octanol–water partition coefficient (Wildman–Crippen LogP) is 3.80. The first kappa shape index (κ1) is 23.7. The standard InChI is InChI=1S/C24H27BrN4O3S/c1-18-26-12-15-29(18)23-8-4-19(5-9-23)16-27-24(30)21-10-13-28(14-11-21)33(31,32)17-20-2-6-22(25)7-3-20/h2-9,12,15,21H,10-11,13-14,16-17H2,1H3,(H,27,30). The summed E-state index contributed by atoms with van der Waals surface area (Å²) >= 11 is 3.36. The molecular formula is C24H27BrN4O3S. The van der Waals surface area contributed by atoms with Crippen LogP contribution in [0.2, 0.25) is 0 Å². The lowest BCUT2D eigenvalue weighted by Gasteiger charge is -2.30. The number of carbonyl (C=O) groups is 1. The summed E-state index contributed by atoms with van der Waals surface area (Å²) in [5.41, 5.74) is 2.79. The molecule has 4 rings (SSSR count). The van der Waals surface area contributed by atoms with Crippen molar-refractivity contribution in [2.75, 3.05) is 13.1 Å². The van der Waals surface area contributed by atoms with Gasteiger partial charge in [-0.05, 0) is 55.2 Å². The summed E-state index contributed by atoms with van der Waals surface area (Å²) in [6, 6.07) is 15.3. The van der Waals surface area contributed by atoms with E-state index in [4.69, 9.17) is 0 Å². The minimum atomic E-state index is -3.40. The lowest BCUT2D eigenvalue weighted by Crippen LogP contribution is -2.43. The fraction of sp³-hybridized carbons (Fsp3) is 0.333. The minimum Gasteiger partial charge on any atom is -0.352 e. The molecule has 1 aliphatic heterocycles. The van der Waals surface area contributed by atoms with Gasteiger partial charge in [0, 0.05) is 48.1 Å². The van der Waals surface area contributed by atoms with Crippen LogP contribution in [0.25, 0.3) is 5.69 Å². The van der Waals surface area contributed by atoms with Crippen LogP contribution >= 0.6 is 15.9 Å². The van der Waals surface area contributed by atoms with Gasteiger partial charge in [0.1, 0.15) is 5.82 Å². The number of hydrogen-bond acceptors (Lipinski definition) is 4. The topological polar surface area (TPSA) is 84.3 Å². The van der Waals surface area contributed by atoms with Gasteiger partial charge in [-0.25, -0.2) is 17.7 Å². The summed E-state index contributed by atoms with van der Waals surface area (Å²) in [5.74, 6) is 0.707. The Labute approximate surface area is 203 Å². The third-order valence-corrected chi connectivity index (χ3v) is 8.37. The molecule has 2 aromatic carbocycles. The fourth-order valence-corrected chi connectivity index (χ4v) is 5.87. The number of sulfonamides is 1. The number of imidazole rings is 1. The van der Waals surface area contributed by atoms with Crippen LogP contribution in [0.15, 0.2) is 65.4 Å². The molecule has 1 aliphatic rings. The number of amides is 1. The zero-order valence-corrected chi connectivity index (χ0v) is 20.8. The molecule has 174 valence electrons. The molecule has 2 heterocycles. The molecule has 1 saturated heterocycles. The summed E-state index contributed by atoms with van der Waals surface area (Å²) in [5, 5.41) is 3.00. The highest BCUT2D eigenvalue weighted by Gasteiger charge is 2.31. The Morgan fingerprint density at radius 1 is 1.06 bits per heavy atom. The van der Waals surface area contributed by atoms with Gasteiger partial charge in [0.2, 0.25) is 15.9 Å². The van der Waals surface area contributed by atoms with Gasteiger partial charge in [-0.15, -0.1) is 0 Å². The molecule has 0 saturated carbocycles. The first-order chi connectivity index (χ1) is 15.8. The second-order valence-electron chi connectivity index (χ2n) is 8.28. The number of carbonyl (C=O) groups excluding carboxylic acids is 1. The molecule has 0 bridgehead atoms. The van der Waals surface area contributed by atoms with Crippen molar-refractivity contribution in [3.05, 3.63) is 82.3 Å². The van der Waals surface area contributed by atoms with E-state index >= 15 is 0 Å². The van der Waals surface area contributed by atoms with E-state index in [1.165, 1.54) is 4.31 Å². The maximum absolute atomic E-state index is 12.8. The molecule has 33 heavy (non-hydrogen) atoms. The number of hydrogen-bond donors (Lipinski definition) is 1. The zero-order chi connectivity index (χ0) is 23.4. The van der Waals surface area contributed by atoms with Crippen LogP contribution in [0.3, 0.4) is 0 Å². The molecule has 3 aromatic rings. The van der Waals surface area contributed by atoms with Crippen LogP contribution in [0.1, 0.15) is 29.8 Å². The Morgan fingerprint density at radius 2 is 1.70 bits per heavy atom. The van der Waals surface area contributed by atoms with Gasteiger partial charge in [0.15, 0.2) is 0 Å². The molecule has 9 heteroatoms. The number of nitrogens with zero attached hydrogens (tertiary/aromatic N) is 3. The van der Waals surface area contributed by atoms with Crippen LogP contribution < -0.4 is 5.32 Å². The monoisotopic (exact) mass is 530 g/mol. The van der Waals surface area contributed by atoms with Gasteiger partial charge >= 0.3 is 0 Å². The van der Waals surface area contributed by atoms with Crippen molar-refractivity contribution in [3.63, 3.8) is 0 Å². The highest BCUT2D eigenvalue weighted by molar-refractivity contribution is 9.10. The first-order valence-electron chi connectivity index (χ1n) is 10.9. The SMILES string of the molecule is Cc1nccn1-c1ccc(CNC(=O)C2CCN(S(=O)(=O)Cc3ccc(Br)cc3)CC2)cc1. The number of rotatable bonds is 7. The largest absolute Gasteiger partial charge is 0.352 e. The Bertz CT molecular complexity index is 1200. The lowest BCUT2D eigenvalue weighted by atomic mass is 9.97. The van der Waals surface area contributed by atoms with E-state index in [1.54, 1.807) is 6.20 Å². The van der Waals surface area contributed by atoms with Crippen molar-refractivity contribution in [1.82, 2.24) is 19.2 Å². The van der Waals surface area contributed by atoms with Crippen molar-refractivity contribution in [2.24, 2.45) is 5.92 Å². The maximum Gasteiger partial charge on any atom is 0.223 e. The molecule has 0 atom stereocenters. The highest BCUT2D eigenvalue weighted by Crippen LogP contribution is 2.23. The molecule has 0 radical (unpaired) electrons. The van der Waals surface area contributed by atoms with E-state index in [-0.39, 0.29) is 17.6 Å². The first-order valence-corrected chi connectivity index (χ1v) is 13.3. The van der Waals surface area contributed by atoms with E-state index in [2.05, 4.69) is 26.2 Å². The van der Waals surface area contributed by atoms with Gasteiger partial charge in [-0.2, -0.15) is 0 Å². The average molecular weight is 531 g/mol. The lowest BCUT2D eigenvalue weighted by molar-refractivity contribution is -0.126. The number of aryl methyl sites for hydroxylation is 1. The van der Waals surface area contributed by atoms with Gasteiger partial charge in [-0.3, -0.25) is 4.79 Å². The van der Waals surface area contributed by atoms with Crippen LogP contribution in [0, 0.1) is 12.8 Å². The van der Waals surface area contributed by atoms with E-state index in [1.807, 2.05) is 66.2 Å². The zero-order valence-electron chi connectivity index (χ0n) is 18.4. The van der Waals surface area contributed by atoms with E-state index in [0.29, 0.717) is 32.5 Å².